The number of benzene rings is 2. The molecule has 0 amide bonds. The molecule has 1 aromatic heterocycles. The Morgan fingerprint density at radius 2 is 1.78 bits per heavy atom. The lowest BCUT2D eigenvalue weighted by molar-refractivity contribution is 1.48. The number of fused-ring (bicyclic) bond motifs is 1. The fourth-order valence-electron chi connectivity index (χ4n) is 1.85. The van der Waals surface area contributed by atoms with E-state index in [0.29, 0.717) is 5.56 Å². The molecule has 2 nitrogen and oxygen atoms in total. The van der Waals surface area contributed by atoms with Crippen LogP contribution in [0.2, 0.25) is 0 Å². The van der Waals surface area contributed by atoms with Crippen molar-refractivity contribution in [3.8, 4) is 6.07 Å². The van der Waals surface area contributed by atoms with Gasteiger partial charge in [0.2, 0.25) is 0 Å². The summed E-state index contributed by atoms with van der Waals surface area (Å²) in [6.45, 7) is 0. The molecule has 0 radical (unpaired) electrons. The van der Waals surface area contributed by atoms with Crippen LogP contribution in [0.25, 0.3) is 10.8 Å². The van der Waals surface area contributed by atoms with Gasteiger partial charge in [-0.25, -0.2) is 0 Å². The highest BCUT2D eigenvalue weighted by Gasteiger charge is 2.03. The van der Waals surface area contributed by atoms with Crippen LogP contribution in [0.4, 0.5) is 10.7 Å². The molecule has 0 bridgehead atoms. The number of nitrogens with one attached hydrogen (secondary N) is 1. The van der Waals surface area contributed by atoms with Gasteiger partial charge in [-0.1, -0.05) is 24.3 Å². The number of rotatable bonds is 2. The van der Waals surface area contributed by atoms with Gasteiger partial charge in [0.1, 0.15) is 5.00 Å². The van der Waals surface area contributed by atoms with Crippen LogP contribution in [0.5, 0.6) is 0 Å². The maximum atomic E-state index is 8.76. The summed E-state index contributed by atoms with van der Waals surface area (Å²) in [6, 6.07) is 17.9. The van der Waals surface area contributed by atoms with E-state index in [1.54, 1.807) is 11.3 Å². The first-order valence-electron chi connectivity index (χ1n) is 5.60. The van der Waals surface area contributed by atoms with Crippen molar-refractivity contribution >= 4 is 32.8 Å². The summed E-state index contributed by atoms with van der Waals surface area (Å²) in [5.41, 5.74) is 1.68. The second kappa shape index (κ2) is 4.52. The van der Waals surface area contributed by atoms with Crippen molar-refractivity contribution in [2.45, 2.75) is 0 Å². The first kappa shape index (κ1) is 10.8. The third-order valence-corrected chi connectivity index (χ3v) is 3.71. The van der Waals surface area contributed by atoms with Crippen molar-refractivity contribution in [3.63, 3.8) is 0 Å². The molecule has 1 N–H and O–H groups in total. The van der Waals surface area contributed by atoms with Gasteiger partial charge in [-0.15, -0.1) is 11.3 Å². The Balaban J connectivity index is 1.94. The molecule has 0 spiro atoms. The van der Waals surface area contributed by atoms with Crippen LogP contribution in [0.1, 0.15) is 5.56 Å². The van der Waals surface area contributed by atoms with Crippen LogP contribution in [-0.4, -0.2) is 0 Å². The minimum absolute atomic E-state index is 0.677. The summed E-state index contributed by atoms with van der Waals surface area (Å²) < 4.78 is 0. The summed E-state index contributed by atoms with van der Waals surface area (Å²) in [6.07, 6.45) is 0. The van der Waals surface area contributed by atoms with Gasteiger partial charge in [-0.05, 0) is 29.7 Å². The van der Waals surface area contributed by atoms with Gasteiger partial charge in [0.05, 0.1) is 11.6 Å². The topological polar surface area (TPSA) is 35.8 Å². The van der Waals surface area contributed by atoms with Gasteiger partial charge in [0.25, 0.3) is 0 Å². The lowest BCUT2D eigenvalue weighted by Crippen LogP contribution is -1.87. The lowest BCUT2D eigenvalue weighted by atomic mass is 10.2. The zero-order valence-corrected chi connectivity index (χ0v) is 10.4. The molecule has 3 aromatic rings. The van der Waals surface area contributed by atoms with Gasteiger partial charge in [-0.3, -0.25) is 0 Å². The van der Waals surface area contributed by atoms with E-state index in [-0.39, 0.29) is 0 Å². The normalized spacial score (nSPS) is 10.2. The van der Waals surface area contributed by atoms with Crippen LogP contribution < -0.4 is 5.32 Å². The second-order valence-corrected chi connectivity index (χ2v) is 4.85. The van der Waals surface area contributed by atoms with Crippen LogP contribution in [0.3, 0.4) is 0 Å². The molecule has 0 saturated heterocycles. The first-order chi connectivity index (χ1) is 8.86. The number of thiophene rings is 1. The van der Waals surface area contributed by atoms with Crippen LogP contribution in [-0.2, 0) is 0 Å². The lowest BCUT2D eigenvalue weighted by Gasteiger charge is -2.04. The van der Waals surface area contributed by atoms with Crippen molar-refractivity contribution in [2.24, 2.45) is 0 Å². The minimum atomic E-state index is 0.677. The molecule has 3 rings (SSSR count). The summed E-state index contributed by atoms with van der Waals surface area (Å²) >= 11 is 1.69. The molecule has 0 saturated carbocycles. The highest BCUT2D eigenvalue weighted by molar-refractivity contribution is 7.16. The Bertz CT molecular complexity index is 720. The molecule has 0 atom stereocenters. The predicted molar refractivity (Wildman–Crippen MR) is 76.3 cm³/mol. The Morgan fingerprint density at radius 1 is 1.00 bits per heavy atom. The fourth-order valence-corrected chi connectivity index (χ4v) is 2.79. The molecule has 18 heavy (non-hydrogen) atoms. The summed E-state index contributed by atoms with van der Waals surface area (Å²) in [5, 5.41) is 17.9. The molecule has 2 aromatic carbocycles. The van der Waals surface area contributed by atoms with E-state index in [2.05, 4.69) is 28.9 Å². The van der Waals surface area contributed by atoms with Gasteiger partial charge in [0, 0.05) is 16.5 Å². The van der Waals surface area contributed by atoms with E-state index >= 15 is 0 Å². The smallest absolute Gasteiger partial charge is 0.101 e. The second-order valence-electron chi connectivity index (χ2n) is 3.97. The molecule has 0 aliphatic carbocycles. The molecule has 0 unspecified atom stereocenters. The third kappa shape index (κ3) is 1.94. The highest BCUT2D eigenvalue weighted by Crippen LogP contribution is 2.32. The zero-order valence-electron chi connectivity index (χ0n) is 9.55. The van der Waals surface area contributed by atoms with Crippen LogP contribution in [0.15, 0.2) is 53.9 Å². The van der Waals surface area contributed by atoms with E-state index < -0.39 is 0 Å². The number of anilines is 2. The monoisotopic (exact) mass is 250 g/mol. The maximum absolute atomic E-state index is 8.76. The van der Waals surface area contributed by atoms with Gasteiger partial charge < -0.3 is 5.32 Å². The standard InChI is InChI=1S/C15H10N2S/c16-9-11-5-7-13(8-6-11)17-15-14-4-2-1-3-12(14)10-18-15/h1-8,10,17H. The Morgan fingerprint density at radius 3 is 2.56 bits per heavy atom. The molecule has 1 heterocycles. The van der Waals surface area contributed by atoms with E-state index in [0.717, 1.165) is 10.7 Å². The van der Waals surface area contributed by atoms with E-state index in [1.807, 2.05) is 36.4 Å². The first-order valence-corrected chi connectivity index (χ1v) is 6.48. The largest absolute Gasteiger partial charge is 0.347 e. The van der Waals surface area contributed by atoms with E-state index in [1.165, 1.54) is 10.8 Å². The quantitative estimate of drug-likeness (QED) is 0.726. The zero-order chi connectivity index (χ0) is 12.4. The minimum Gasteiger partial charge on any atom is -0.347 e. The van der Waals surface area contributed by atoms with Crippen LogP contribution >= 0.6 is 11.3 Å². The summed E-state index contributed by atoms with van der Waals surface area (Å²) in [7, 11) is 0. The van der Waals surface area contributed by atoms with E-state index in [9.17, 15) is 0 Å². The molecule has 0 aliphatic rings. The molecular weight excluding hydrogens is 240 g/mol. The maximum Gasteiger partial charge on any atom is 0.101 e. The van der Waals surface area contributed by atoms with Gasteiger partial charge in [0.15, 0.2) is 0 Å². The molecule has 0 fully saturated rings. The Hall–Kier alpha value is -2.31. The van der Waals surface area contributed by atoms with E-state index in [4.69, 9.17) is 5.26 Å². The number of nitrogens with zero attached hydrogens (tertiary/aromatic N) is 1. The summed E-state index contributed by atoms with van der Waals surface area (Å²) in [4.78, 5) is 0. The van der Waals surface area contributed by atoms with Crippen molar-refractivity contribution in [2.75, 3.05) is 5.32 Å². The average molecular weight is 250 g/mol. The van der Waals surface area contributed by atoms with Crippen molar-refractivity contribution in [1.29, 1.82) is 5.26 Å². The Labute approximate surface area is 109 Å². The van der Waals surface area contributed by atoms with Gasteiger partial charge in [-0.2, -0.15) is 5.26 Å². The fraction of sp³-hybridized carbons (Fsp3) is 0. The SMILES string of the molecule is N#Cc1ccc(Nc2scc3ccccc23)cc1. The van der Waals surface area contributed by atoms with Crippen molar-refractivity contribution < 1.29 is 0 Å². The number of hydrogen-bond donors (Lipinski definition) is 1. The van der Waals surface area contributed by atoms with Crippen LogP contribution in [0, 0.1) is 11.3 Å². The van der Waals surface area contributed by atoms with Gasteiger partial charge >= 0.3 is 0 Å². The average Bonchev–Trinajstić information content (AvgIpc) is 2.83. The van der Waals surface area contributed by atoms with Crippen molar-refractivity contribution in [1.82, 2.24) is 0 Å². The predicted octanol–water partition coefficient (Wildman–Crippen LogP) is 4.52. The van der Waals surface area contributed by atoms with Crippen molar-refractivity contribution in [3.05, 3.63) is 59.5 Å². The highest BCUT2D eigenvalue weighted by atomic mass is 32.1. The number of hydrogen-bond acceptors (Lipinski definition) is 3. The molecule has 0 aliphatic heterocycles. The summed E-state index contributed by atoms with van der Waals surface area (Å²) in [5.74, 6) is 0. The third-order valence-electron chi connectivity index (χ3n) is 2.78. The molecule has 3 heteroatoms. The Kier molecular flexibility index (Phi) is 2.71. The molecule has 86 valence electrons. The number of nitriles is 1. The molecular formula is C15H10N2S.